The Kier molecular flexibility index (Phi) is 5.73. The molecule has 0 heterocycles. The van der Waals surface area contributed by atoms with Gasteiger partial charge in [0.05, 0.1) is 0 Å². The van der Waals surface area contributed by atoms with Crippen LogP contribution in [0.3, 0.4) is 0 Å². The van der Waals surface area contributed by atoms with Gasteiger partial charge in [-0.1, -0.05) is 18.2 Å². The molecule has 3 N–H and O–H groups in total. The molecule has 0 radical (unpaired) electrons. The third-order valence-corrected chi connectivity index (χ3v) is 4.57. The number of carbonyl (C=O) groups excluding carboxylic acids is 1. The van der Waals surface area contributed by atoms with Gasteiger partial charge in [-0.3, -0.25) is 4.79 Å². The molecule has 0 aliphatic heterocycles. The van der Waals surface area contributed by atoms with E-state index in [4.69, 9.17) is 5.73 Å². The average Bonchev–Trinajstić information content (AvgIpc) is 2.86. The highest BCUT2D eigenvalue weighted by molar-refractivity contribution is 7.99. The lowest BCUT2D eigenvalue weighted by molar-refractivity contribution is -0.124. The molecule has 1 aliphatic carbocycles. The van der Waals surface area contributed by atoms with Crippen molar-refractivity contribution in [1.29, 1.82) is 0 Å². The number of carbonyl (C=O) groups is 1. The fraction of sp³-hybridized carbons (Fsp3) is 0.533. The molecule has 0 spiro atoms. The second kappa shape index (κ2) is 7.56. The number of thioether (sulfide) groups is 1. The number of nitrogens with two attached hydrogens (primary N) is 1. The van der Waals surface area contributed by atoms with Gasteiger partial charge in [-0.15, -0.1) is 11.8 Å². The third-order valence-electron chi connectivity index (χ3n) is 3.48. The minimum atomic E-state index is 0.150. The Morgan fingerprint density at radius 1 is 1.32 bits per heavy atom. The standard InChI is InChI=1S/C15H22N2OS/c16-13-8-7-12(11-13)15(18)17-9-4-10-19-14-5-2-1-3-6-14/h1-3,5-6,12-13H,4,7-11,16H2,(H,17,18)/t12-,13+/m0/s1. The van der Waals surface area contributed by atoms with Gasteiger partial charge in [-0.05, 0) is 43.6 Å². The fourth-order valence-electron chi connectivity index (χ4n) is 2.39. The minimum absolute atomic E-state index is 0.150. The molecule has 3 nitrogen and oxygen atoms in total. The monoisotopic (exact) mass is 278 g/mol. The van der Waals surface area contributed by atoms with E-state index >= 15 is 0 Å². The van der Waals surface area contributed by atoms with Gasteiger partial charge >= 0.3 is 0 Å². The Labute approximate surface area is 119 Å². The van der Waals surface area contributed by atoms with Crippen molar-refractivity contribution in [2.75, 3.05) is 12.3 Å². The molecule has 4 heteroatoms. The molecule has 104 valence electrons. The maximum absolute atomic E-state index is 11.9. The SMILES string of the molecule is N[C@@H]1CC[C@H](C(=O)NCCCSc2ccccc2)C1. The van der Waals surface area contributed by atoms with Gasteiger partial charge < -0.3 is 11.1 Å². The highest BCUT2D eigenvalue weighted by Gasteiger charge is 2.27. The zero-order chi connectivity index (χ0) is 13.5. The lowest BCUT2D eigenvalue weighted by Crippen LogP contribution is -2.31. The Morgan fingerprint density at radius 2 is 2.11 bits per heavy atom. The van der Waals surface area contributed by atoms with Crippen LogP contribution in [0.2, 0.25) is 0 Å². The molecule has 0 aromatic heterocycles. The molecule has 0 unspecified atom stereocenters. The third kappa shape index (κ3) is 4.88. The summed E-state index contributed by atoms with van der Waals surface area (Å²) in [6.07, 6.45) is 3.79. The van der Waals surface area contributed by atoms with Crippen molar-refractivity contribution >= 4 is 17.7 Å². The van der Waals surface area contributed by atoms with Crippen LogP contribution in [0.25, 0.3) is 0 Å². The highest BCUT2D eigenvalue weighted by Crippen LogP contribution is 2.24. The molecule has 1 fully saturated rings. The van der Waals surface area contributed by atoms with E-state index in [0.29, 0.717) is 0 Å². The van der Waals surface area contributed by atoms with Crippen LogP contribution in [-0.2, 0) is 4.79 Å². The van der Waals surface area contributed by atoms with Crippen molar-refractivity contribution in [3.63, 3.8) is 0 Å². The average molecular weight is 278 g/mol. The lowest BCUT2D eigenvalue weighted by Gasteiger charge is -2.10. The fourth-order valence-corrected chi connectivity index (χ4v) is 3.26. The van der Waals surface area contributed by atoms with Crippen LogP contribution in [0.1, 0.15) is 25.7 Å². The molecule has 1 aromatic carbocycles. The number of nitrogens with one attached hydrogen (secondary N) is 1. The molecule has 0 saturated heterocycles. The molecule has 19 heavy (non-hydrogen) atoms. The van der Waals surface area contributed by atoms with Crippen molar-refractivity contribution in [3.8, 4) is 0 Å². The van der Waals surface area contributed by atoms with Gasteiger partial charge in [-0.2, -0.15) is 0 Å². The van der Waals surface area contributed by atoms with Crippen molar-refractivity contribution in [1.82, 2.24) is 5.32 Å². The number of benzene rings is 1. The van der Waals surface area contributed by atoms with Crippen LogP contribution in [0.4, 0.5) is 0 Å². The first kappa shape index (κ1) is 14.4. The Bertz CT molecular complexity index is 396. The summed E-state index contributed by atoms with van der Waals surface area (Å²) in [5, 5.41) is 3.02. The topological polar surface area (TPSA) is 55.1 Å². The molecule has 1 saturated carbocycles. The van der Waals surface area contributed by atoms with Gasteiger partial charge in [0.25, 0.3) is 0 Å². The predicted molar refractivity (Wildman–Crippen MR) is 80.1 cm³/mol. The predicted octanol–water partition coefficient (Wildman–Crippen LogP) is 2.41. The number of amides is 1. The maximum Gasteiger partial charge on any atom is 0.223 e. The minimum Gasteiger partial charge on any atom is -0.356 e. The smallest absolute Gasteiger partial charge is 0.223 e. The van der Waals surface area contributed by atoms with Gasteiger partial charge in [0, 0.05) is 23.4 Å². The van der Waals surface area contributed by atoms with Crippen molar-refractivity contribution < 1.29 is 4.79 Å². The van der Waals surface area contributed by atoms with Crippen LogP contribution in [0.15, 0.2) is 35.2 Å². The Hall–Kier alpha value is -1.00. The second-order valence-corrected chi connectivity index (χ2v) is 6.24. The first-order valence-electron chi connectivity index (χ1n) is 6.97. The van der Waals surface area contributed by atoms with Crippen molar-refractivity contribution in [3.05, 3.63) is 30.3 Å². The van der Waals surface area contributed by atoms with Gasteiger partial charge in [-0.25, -0.2) is 0 Å². The van der Waals surface area contributed by atoms with Crippen LogP contribution >= 0.6 is 11.8 Å². The van der Waals surface area contributed by atoms with E-state index in [0.717, 1.165) is 38.0 Å². The zero-order valence-electron chi connectivity index (χ0n) is 11.2. The van der Waals surface area contributed by atoms with E-state index in [-0.39, 0.29) is 17.9 Å². The van der Waals surface area contributed by atoms with Gasteiger partial charge in [0.2, 0.25) is 5.91 Å². The molecule has 2 atom stereocenters. The van der Waals surface area contributed by atoms with Crippen LogP contribution in [0.5, 0.6) is 0 Å². The summed E-state index contributed by atoms with van der Waals surface area (Å²) in [6.45, 7) is 0.768. The lowest BCUT2D eigenvalue weighted by atomic mass is 10.1. The Balaban J connectivity index is 1.56. The van der Waals surface area contributed by atoms with E-state index in [1.54, 1.807) is 0 Å². The largest absolute Gasteiger partial charge is 0.356 e. The molecular weight excluding hydrogens is 256 g/mol. The summed E-state index contributed by atoms with van der Waals surface area (Å²) >= 11 is 1.83. The van der Waals surface area contributed by atoms with E-state index in [1.165, 1.54) is 4.90 Å². The molecule has 1 aliphatic rings. The highest BCUT2D eigenvalue weighted by atomic mass is 32.2. The van der Waals surface area contributed by atoms with E-state index in [1.807, 2.05) is 30.0 Å². The van der Waals surface area contributed by atoms with Gasteiger partial charge in [0.1, 0.15) is 0 Å². The van der Waals surface area contributed by atoms with E-state index in [2.05, 4.69) is 17.4 Å². The molecule has 1 aromatic rings. The summed E-state index contributed by atoms with van der Waals surface area (Å²) in [5.41, 5.74) is 5.82. The summed E-state index contributed by atoms with van der Waals surface area (Å²) < 4.78 is 0. The van der Waals surface area contributed by atoms with Crippen LogP contribution in [-0.4, -0.2) is 24.2 Å². The van der Waals surface area contributed by atoms with Crippen LogP contribution < -0.4 is 11.1 Å². The molecule has 2 rings (SSSR count). The molecule has 1 amide bonds. The Morgan fingerprint density at radius 3 is 2.79 bits per heavy atom. The van der Waals surface area contributed by atoms with Crippen LogP contribution in [0, 0.1) is 5.92 Å². The number of hydrogen-bond donors (Lipinski definition) is 2. The molecular formula is C15H22N2OS. The first-order valence-corrected chi connectivity index (χ1v) is 7.95. The number of hydrogen-bond acceptors (Lipinski definition) is 3. The maximum atomic E-state index is 11.9. The molecule has 0 bridgehead atoms. The summed E-state index contributed by atoms with van der Waals surface area (Å²) in [6, 6.07) is 10.6. The normalized spacial score (nSPS) is 22.4. The quantitative estimate of drug-likeness (QED) is 0.620. The van der Waals surface area contributed by atoms with E-state index < -0.39 is 0 Å². The number of rotatable bonds is 6. The van der Waals surface area contributed by atoms with Crippen molar-refractivity contribution in [2.24, 2.45) is 11.7 Å². The summed E-state index contributed by atoms with van der Waals surface area (Å²) in [7, 11) is 0. The van der Waals surface area contributed by atoms with Gasteiger partial charge in [0.15, 0.2) is 0 Å². The summed E-state index contributed by atoms with van der Waals surface area (Å²) in [5.74, 6) is 1.38. The first-order chi connectivity index (χ1) is 9.25. The van der Waals surface area contributed by atoms with Crippen molar-refractivity contribution in [2.45, 2.75) is 36.6 Å². The second-order valence-electron chi connectivity index (χ2n) is 5.08. The summed E-state index contributed by atoms with van der Waals surface area (Å²) in [4.78, 5) is 13.1. The van der Waals surface area contributed by atoms with E-state index in [9.17, 15) is 4.79 Å². The zero-order valence-corrected chi connectivity index (χ0v) is 12.0.